The summed E-state index contributed by atoms with van der Waals surface area (Å²) >= 11 is 5.99. The Morgan fingerprint density at radius 2 is 2.00 bits per heavy atom. The Bertz CT molecular complexity index is 906. The fourth-order valence-electron chi connectivity index (χ4n) is 4.25. The zero-order chi connectivity index (χ0) is 21.7. The number of imide groups is 1. The number of rotatable bonds is 6. The molecular weight excluding hydrogens is 402 g/mol. The van der Waals surface area contributed by atoms with Gasteiger partial charge in [0.2, 0.25) is 0 Å². The van der Waals surface area contributed by atoms with Gasteiger partial charge in [-0.1, -0.05) is 41.9 Å². The lowest BCUT2D eigenvalue weighted by atomic mass is 10.0. The van der Waals surface area contributed by atoms with Crippen molar-refractivity contribution in [3.8, 4) is 5.75 Å². The van der Waals surface area contributed by atoms with Crippen molar-refractivity contribution in [3.63, 3.8) is 0 Å². The van der Waals surface area contributed by atoms with E-state index in [0.29, 0.717) is 23.6 Å². The summed E-state index contributed by atoms with van der Waals surface area (Å²) in [5, 5.41) is 13.3. The first kappa shape index (κ1) is 22.3. The van der Waals surface area contributed by atoms with Crippen molar-refractivity contribution in [1.82, 2.24) is 5.32 Å². The average molecular weight is 431 g/mol. The SMILES string of the molecule is C[C@@H]1CCC[N+]1(C(=O)C[C@H](N)Cc1ccccc1)C(=O)NCc1cc(Cl)ccc1O. The Morgan fingerprint density at radius 1 is 1.27 bits per heavy atom. The van der Waals surface area contributed by atoms with Gasteiger partial charge in [0, 0.05) is 29.5 Å². The number of nitrogens with two attached hydrogens (primary N) is 1. The number of likely N-dealkylation sites (tertiary alicyclic amines) is 1. The van der Waals surface area contributed by atoms with Crippen LogP contribution in [0.2, 0.25) is 5.02 Å². The molecular formula is C23H29ClN3O3+. The number of urea groups is 1. The number of nitrogens with zero attached hydrogens (tertiary/aromatic N) is 1. The highest BCUT2D eigenvalue weighted by atomic mass is 35.5. The second kappa shape index (κ2) is 9.60. The van der Waals surface area contributed by atoms with E-state index in [-0.39, 0.29) is 47.2 Å². The second-order valence-corrected chi connectivity index (χ2v) is 8.50. The Morgan fingerprint density at radius 3 is 2.67 bits per heavy atom. The maximum Gasteiger partial charge on any atom is 0.424 e. The second-order valence-electron chi connectivity index (χ2n) is 8.06. The molecule has 30 heavy (non-hydrogen) atoms. The third kappa shape index (κ3) is 4.83. The van der Waals surface area contributed by atoms with Gasteiger partial charge in [-0.2, -0.15) is 4.48 Å². The summed E-state index contributed by atoms with van der Waals surface area (Å²) in [6.07, 6.45) is 2.32. The van der Waals surface area contributed by atoms with Gasteiger partial charge in [-0.05, 0) is 37.1 Å². The fourth-order valence-corrected chi connectivity index (χ4v) is 4.44. The molecule has 0 bridgehead atoms. The molecule has 2 aromatic rings. The van der Waals surface area contributed by atoms with Crippen LogP contribution in [-0.2, 0) is 17.8 Å². The van der Waals surface area contributed by atoms with Crippen molar-refractivity contribution in [1.29, 1.82) is 0 Å². The molecule has 1 aliphatic heterocycles. The van der Waals surface area contributed by atoms with Crippen LogP contribution in [-0.4, -0.2) is 40.2 Å². The summed E-state index contributed by atoms with van der Waals surface area (Å²) in [6.45, 7) is 2.50. The van der Waals surface area contributed by atoms with Gasteiger partial charge in [0.25, 0.3) is 0 Å². The molecule has 1 saturated heterocycles. The van der Waals surface area contributed by atoms with E-state index < -0.39 is 0 Å². The van der Waals surface area contributed by atoms with Gasteiger partial charge in [0.1, 0.15) is 11.8 Å². The van der Waals surface area contributed by atoms with Crippen molar-refractivity contribution in [3.05, 3.63) is 64.7 Å². The Balaban J connectivity index is 1.71. The molecule has 6 nitrogen and oxygen atoms in total. The minimum absolute atomic E-state index is 0.0527. The maximum absolute atomic E-state index is 13.3. The molecule has 3 amide bonds. The number of quaternary nitrogens is 1. The molecule has 3 atom stereocenters. The predicted octanol–water partition coefficient (Wildman–Crippen LogP) is 3.74. The van der Waals surface area contributed by atoms with E-state index in [2.05, 4.69) is 5.32 Å². The van der Waals surface area contributed by atoms with Gasteiger partial charge in [-0.3, -0.25) is 0 Å². The highest BCUT2D eigenvalue weighted by molar-refractivity contribution is 6.30. The number of halogens is 1. The molecule has 3 rings (SSSR count). The van der Waals surface area contributed by atoms with E-state index in [9.17, 15) is 14.7 Å². The average Bonchev–Trinajstić information content (AvgIpc) is 3.11. The van der Waals surface area contributed by atoms with Crippen LogP contribution in [0.1, 0.15) is 37.3 Å². The topological polar surface area (TPSA) is 92.4 Å². The van der Waals surface area contributed by atoms with E-state index in [0.717, 1.165) is 18.4 Å². The lowest BCUT2D eigenvalue weighted by Crippen LogP contribution is -2.63. The van der Waals surface area contributed by atoms with Gasteiger partial charge in [0.05, 0.1) is 19.5 Å². The quantitative estimate of drug-likeness (QED) is 0.608. The first-order chi connectivity index (χ1) is 14.3. The maximum atomic E-state index is 13.3. The first-order valence-corrected chi connectivity index (χ1v) is 10.7. The van der Waals surface area contributed by atoms with Crippen LogP contribution in [0.25, 0.3) is 0 Å². The van der Waals surface area contributed by atoms with Crippen molar-refractivity contribution in [2.24, 2.45) is 5.73 Å². The van der Waals surface area contributed by atoms with Gasteiger partial charge in [-0.25, -0.2) is 9.59 Å². The van der Waals surface area contributed by atoms with Crippen LogP contribution >= 0.6 is 11.6 Å². The molecule has 1 fully saturated rings. The highest BCUT2D eigenvalue weighted by Gasteiger charge is 2.52. The number of hydrogen-bond donors (Lipinski definition) is 3. The fraction of sp³-hybridized carbons (Fsp3) is 0.391. The summed E-state index contributed by atoms with van der Waals surface area (Å²) < 4.78 is -0.246. The molecule has 160 valence electrons. The Hall–Kier alpha value is -2.41. The zero-order valence-electron chi connectivity index (χ0n) is 17.2. The lowest BCUT2D eigenvalue weighted by Gasteiger charge is -2.33. The minimum Gasteiger partial charge on any atom is -0.508 e. The Labute approximate surface area is 182 Å². The van der Waals surface area contributed by atoms with E-state index >= 15 is 0 Å². The molecule has 4 N–H and O–H groups in total. The Kier molecular flexibility index (Phi) is 7.13. The van der Waals surface area contributed by atoms with Crippen LogP contribution in [0.3, 0.4) is 0 Å². The zero-order valence-corrected chi connectivity index (χ0v) is 17.9. The van der Waals surface area contributed by atoms with Crippen molar-refractivity contribution >= 4 is 23.5 Å². The summed E-state index contributed by atoms with van der Waals surface area (Å²) in [7, 11) is 0. The van der Waals surface area contributed by atoms with E-state index in [4.69, 9.17) is 17.3 Å². The molecule has 0 aliphatic carbocycles. The molecule has 0 saturated carbocycles. The normalized spacial score (nSPS) is 21.9. The van der Waals surface area contributed by atoms with Crippen LogP contribution in [0.5, 0.6) is 5.75 Å². The summed E-state index contributed by atoms with van der Waals surface area (Å²) in [5.74, 6) is -0.104. The van der Waals surface area contributed by atoms with E-state index in [1.165, 1.54) is 6.07 Å². The first-order valence-electron chi connectivity index (χ1n) is 10.3. The molecule has 0 spiro atoms. The minimum atomic E-state index is -0.354. The number of phenolic OH excluding ortho intramolecular Hbond substituents is 1. The molecule has 1 unspecified atom stereocenters. The van der Waals surface area contributed by atoms with Crippen molar-refractivity contribution < 1.29 is 19.2 Å². The monoisotopic (exact) mass is 430 g/mol. The van der Waals surface area contributed by atoms with Crippen LogP contribution < -0.4 is 11.1 Å². The molecule has 1 heterocycles. The highest BCUT2D eigenvalue weighted by Crippen LogP contribution is 2.30. The summed E-state index contributed by atoms with van der Waals surface area (Å²) in [6, 6.07) is 13.6. The van der Waals surface area contributed by atoms with Crippen LogP contribution in [0.15, 0.2) is 48.5 Å². The number of benzene rings is 2. The molecule has 2 aromatic carbocycles. The molecule has 0 aromatic heterocycles. The number of phenols is 1. The van der Waals surface area contributed by atoms with Gasteiger partial charge in [-0.15, -0.1) is 0 Å². The lowest BCUT2D eigenvalue weighted by molar-refractivity contribution is -0.785. The van der Waals surface area contributed by atoms with Gasteiger partial charge < -0.3 is 16.2 Å². The number of carbonyl (C=O) groups is 2. The number of carbonyl (C=O) groups excluding carboxylic acids is 2. The molecule has 0 radical (unpaired) electrons. The molecule has 7 heteroatoms. The van der Waals surface area contributed by atoms with Gasteiger partial charge in [0.15, 0.2) is 0 Å². The largest absolute Gasteiger partial charge is 0.508 e. The number of hydrogen-bond acceptors (Lipinski definition) is 4. The van der Waals surface area contributed by atoms with Crippen molar-refractivity contribution in [2.45, 2.75) is 51.2 Å². The third-order valence-electron chi connectivity index (χ3n) is 5.94. The summed E-state index contributed by atoms with van der Waals surface area (Å²) in [5.41, 5.74) is 7.85. The third-order valence-corrected chi connectivity index (χ3v) is 6.18. The standard InChI is InChI=1S/C23H28ClN3O3/c1-16-6-5-11-27(16,22(29)14-20(25)12-17-7-3-2-4-8-17)23(30)26-15-18-13-19(24)9-10-21(18)28/h2-4,7-10,13,16,20H,5-6,11-12,14-15,25H2,1H3,(H-,26,28,30)/p+1/t16-,20-,27?/m1/s1. The van der Waals surface area contributed by atoms with Crippen molar-refractivity contribution in [2.75, 3.05) is 6.54 Å². The van der Waals surface area contributed by atoms with Crippen LogP contribution in [0, 0.1) is 0 Å². The summed E-state index contributed by atoms with van der Waals surface area (Å²) in [4.78, 5) is 26.5. The number of nitrogens with one attached hydrogen (secondary N) is 1. The predicted molar refractivity (Wildman–Crippen MR) is 117 cm³/mol. The molecule has 1 aliphatic rings. The smallest absolute Gasteiger partial charge is 0.424 e. The number of amides is 3. The van der Waals surface area contributed by atoms with Gasteiger partial charge >= 0.3 is 11.9 Å². The van der Waals surface area contributed by atoms with E-state index in [1.54, 1.807) is 12.1 Å². The van der Waals surface area contributed by atoms with E-state index in [1.807, 2.05) is 37.3 Å². The van der Waals surface area contributed by atoms with Crippen LogP contribution in [0.4, 0.5) is 4.79 Å². The number of aromatic hydroxyl groups is 1.